The largest absolute Gasteiger partial charge is 0.324 e. The lowest BCUT2D eigenvalue weighted by Gasteiger charge is -2.10. The van der Waals surface area contributed by atoms with Crippen LogP contribution in [0.5, 0.6) is 0 Å². The number of hydrogen-bond acceptors (Lipinski definition) is 2. The molecule has 0 saturated heterocycles. The van der Waals surface area contributed by atoms with Crippen molar-refractivity contribution in [1.82, 2.24) is 0 Å². The standard InChI is InChI=1S/C11H13BrFNO/c1-6(2)8-3-7(10(15)5-14)4-9(12)11(8)13/h3-4,6H,5,14H2,1-2H3. The van der Waals surface area contributed by atoms with E-state index in [0.717, 1.165) is 0 Å². The third-order valence-electron chi connectivity index (χ3n) is 2.19. The molecule has 0 bridgehead atoms. The van der Waals surface area contributed by atoms with Crippen LogP contribution in [-0.2, 0) is 0 Å². The lowest BCUT2D eigenvalue weighted by atomic mass is 9.98. The molecule has 4 heteroatoms. The molecule has 0 aliphatic carbocycles. The minimum Gasteiger partial charge on any atom is -0.324 e. The normalized spacial score (nSPS) is 10.8. The molecular formula is C11H13BrFNO. The van der Waals surface area contributed by atoms with Crippen molar-refractivity contribution in [3.63, 3.8) is 0 Å². The Bertz CT molecular complexity index is 390. The van der Waals surface area contributed by atoms with Crippen LogP contribution in [0.1, 0.15) is 35.7 Å². The number of rotatable bonds is 3. The molecule has 0 spiro atoms. The monoisotopic (exact) mass is 273 g/mol. The molecule has 15 heavy (non-hydrogen) atoms. The van der Waals surface area contributed by atoms with Gasteiger partial charge in [0.25, 0.3) is 0 Å². The van der Waals surface area contributed by atoms with Crippen LogP contribution in [0.2, 0.25) is 0 Å². The molecule has 82 valence electrons. The summed E-state index contributed by atoms with van der Waals surface area (Å²) in [5.74, 6) is -0.456. The van der Waals surface area contributed by atoms with Gasteiger partial charge in [-0.1, -0.05) is 13.8 Å². The molecule has 0 fully saturated rings. The fourth-order valence-corrected chi connectivity index (χ4v) is 1.78. The van der Waals surface area contributed by atoms with Gasteiger partial charge in [0.15, 0.2) is 5.78 Å². The molecule has 2 N–H and O–H groups in total. The van der Waals surface area contributed by atoms with Crippen LogP contribution in [0.4, 0.5) is 4.39 Å². The summed E-state index contributed by atoms with van der Waals surface area (Å²) in [7, 11) is 0. The maximum atomic E-state index is 13.6. The molecule has 0 heterocycles. The van der Waals surface area contributed by atoms with E-state index >= 15 is 0 Å². The van der Waals surface area contributed by atoms with E-state index in [1.54, 1.807) is 6.07 Å². The number of carbonyl (C=O) groups excluding carboxylic acids is 1. The van der Waals surface area contributed by atoms with Gasteiger partial charge in [0.2, 0.25) is 0 Å². The molecule has 0 radical (unpaired) electrons. The average molecular weight is 274 g/mol. The summed E-state index contributed by atoms with van der Waals surface area (Å²) < 4.78 is 13.9. The van der Waals surface area contributed by atoms with Gasteiger partial charge in [-0.3, -0.25) is 4.79 Å². The lowest BCUT2D eigenvalue weighted by Crippen LogP contribution is -2.14. The minimum atomic E-state index is -0.307. The van der Waals surface area contributed by atoms with Crippen LogP contribution >= 0.6 is 15.9 Å². The van der Waals surface area contributed by atoms with E-state index in [-0.39, 0.29) is 24.1 Å². The number of nitrogens with two attached hydrogens (primary N) is 1. The molecule has 0 aromatic heterocycles. The molecular weight excluding hydrogens is 261 g/mol. The van der Waals surface area contributed by atoms with Crippen molar-refractivity contribution in [2.75, 3.05) is 6.54 Å². The van der Waals surface area contributed by atoms with Gasteiger partial charge in [0.05, 0.1) is 11.0 Å². The fraction of sp³-hybridized carbons (Fsp3) is 0.364. The van der Waals surface area contributed by atoms with Gasteiger partial charge in [-0.25, -0.2) is 4.39 Å². The average Bonchev–Trinajstić information content (AvgIpc) is 2.20. The highest BCUT2D eigenvalue weighted by Crippen LogP contribution is 2.26. The highest BCUT2D eigenvalue weighted by Gasteiger charge is 2.14. The van der Waals surface area contributed by atoms with Crippen molar-refractivity contribution in [3.8, 4) is 0 Å². The van der Waals surface area contributed by atoms with Gasteiger partial charge < -0.3 is 5.73 Å². The van der Waals surface area contributed by atoms with Crippen molar-refractivity contribution in [3.05, 3.63) is 33.5 Å². The van der Waals surface area contributed by atoms with E-state index < -0.39 is 0 Å². The van der Waals surface area contributed by atoms with Crippen molar-refractivity contribution in [1.29, 1.82) is 0 Å². The quantitative estimate of drug-likeness (QED) is 0.861. The van der Waals surface area contributed by atoms with Crippen LogP contribution in [0.15, 0.2) is 16.6 Å². The second-order valence-corrected chi connectivity index (χ2v) is 4.50. The van der Waals surface area contributed by atoms with Crippen molar-refractivity contribution < 1.29 is 9.18 Å². The molecule has 0 aliphatic heterocycles. The summed E-state index contributed by atoms with van der Waals surface area (Å²) in [5, 5.41) is 0. The molecule has 0 aliphatic rings. The van der Waals surface area contributed by atoms with Crippen LogP contribution in [0, 0.1) is 5.82 Å². The van der Waals surface area contributed by atoms with Crippen LogP contribution in [-0.4, -0.2) is 12.3 Å². The maximum absolute atomic E-state index is 13.6. The van der Waals surface area contributed by atoms with E-state index in [1.807, 2.05) is 13.8 Å². The number of hydrogen-bond donors (Lipinski definition) is 1. The molecule has 1 aromatic rings. The van der Waals surface area contributed by atoms with Gasteiger partial charge in [0.1, 0.15) is 5.82 Å². The van der Waals surface area contributed by atoms with Crippen molar-refractivity contribution in [2.45, 2.75) is 19.8 Å². The van der Waals surface area contributed by atoms with Gasteiger partial charge >= 0.3 is 0 Å². The first-order valence-electron chi connectivity index (χ1n) is 4.69. The smallest absolute Gasteiger partial charge is 0.176 e. The van der Waals surface area contributed by atoms with E-state index in [0.29, 0.717) is 15.6 Å². The predicted molar refractivity (Wildman–Crippen MR) is 61.6 cm³/mol. The van der Waals surface area contributed by atoms with Crippen LogP contribution in [0.25, 0.3) is 0 Å². The molecule has 0 saturated carbocycles. The third-order valence-corrected chi connectivity index (χ3v) is 2.76. The topological polar surface area (TPSA) is 43.1 Å². The second kappa shape index (κ2) is 4.86. The minimum absolute atomic E-state index is 0.0341. The maximum Gasteiger partial charge on any atom is 0.176 e. The zero-order valence-corrected chi connectivity index (χ0v) is 10.3. The molecule has 1 aromatic carbocycles. The van der Waals surface area contributed by atoms with Crippen LogP contribution in [0.3, 0.4) is 0 Å². The second-order valence-electron chi connectivity index (χ2n) is 3.64. The Morgan fingerprint density at radius 2 is 2.13 bits per heavy atom. The van der Waals surface area contributed by atoms with E-state index in [2.05, 4.69) is 15.9 Å². The van der Waals surface area contributed by atoms with E-state index in [9.17, 15) is 9.18 Å². The molecule has 0 unspecified atom stereocenters. The predicted octanol–water partition coefficient (Wildman–Crippen LogP) is 2.85. The van der Waals surface area contributed by atoms with E-state index in [4.69, 9.17) is 5.73 Å². The van der Waals surface area contributed by atoms with Gasteiger partial charge in [-0.05, 0) is 39.5 Å². The first kappa shape index (κ1) is 12.3. The number of Topliss-reactive ketones (excluding diaryl/α,β-unsaturated/α-hetero) is 1. The summed E-state index contributed by atoms with van der Waals surface area (Å²) in [6, 6.07) is 3.04. The van der Waals surface area contributed by atoms with E-state index in [1.165, 1.54) is 6.07 Å². The molecule has 0 atom stereocenters. The highest BCUT2D eigenvalue weighted by molar-refractivity contribution is 9.10. The van der Waals surface area contributed by atoms with Crippen molar-refractivity contribution in [2.24, 2.45) is 5.73 Å². The summed E-state index contributed by atoms with van der Waals surface area (Å²) in [4.78, 5) is 11.4. The Morgan fingerprint density at radius 1 is 1.53 bits per heavy atom. The summed E-state index contributed by atoms with van der Waals surface area (Å²) in [6.07, 6.45) is 0. The Kier molecular flexibility index (Phi) is 3.99. The Hall–Kier alpha value is -0.740. The SMILES string of the molecule is CC(C)c1cc(C(=O)CN)cc(Br)c1F. The summed E-state index contributed by atoms with van der Waals surface area (Å²) in [6.45, 7) is 3.69. The summed E-state index contributed by atoms with van der Waals surface area (Å²) in [5.41, 5.74) is 6.24. The Labute approximate surface area is 96.8 Å². The first-order valence-corrected chi connectivity index (χ1v) is 5.48. The number of halogens is 2. The zero-order valence-electron chi connectivity index (χ0n) is 8.68. The molecule has 2 nitrogen and oxygen atoms in total. The lowest BCUT2D eigenvalue weighted by molar-refractivity contribution is 0.100. The number of carbonyl (C=O) groups is 1. The first-order chi connectivity index (χ1) is 6.97. The fourth-order valence-electron chi connectivity index (χ4n) is 1.31. The molecule has 1 rings (SSSR count). The van der Waals surface area contributed by atoms with Gasteiger partial charge in [-0.2, -0.15) is 0 Å². The Balaban J connectivity index is 3.29. The zero-order chi connectivity index (χ0) is 11.6. The Morgan fingerprint density at radius 3 is 2.60 bits per heavy atom. The number of ketones is 1. The number of benzene rings is 1. The molecule has 0 amide bonds. The summed E-state index contributed by atoms with van der Waals surface area (Å²) >= 11 is 3.09. The van der Waals surface area contributed by atoms with Crippen molar-refractivity contribution >= 4 is 21.7 Å². The van der Waals surface area contributed by atoms with Gasteiger partial charge in [0, 0.05) is 5.56 Å². The highest BCUT2D eigenvalue weighted by atomic mass is 79.9. The third kappa shape index (κ3) is 2.63. The van der Waals surface area contributed by atoms with Crippen LogP contribution < -0.4 is 5.73 Å². The van der Waals surface area contributed by atoms with Gasteiger partial charge in [-0.15, -0.1) is 0 Å².